The van der Waals surface area contributed by atoms with E-state index in [2.05, 4.69) is 26.0 Å². The van der Waals surface area contributed by atoms with Crippen molar-refractivity contribution in [2.45, 2.75) is 13.3 Å². The first-order valence-corrected chi connectivity index (χ1v) is 5.18. The molecule has 0 radical (unpaired) electrons. The van der Waals surface area contributed by atoms with E-state index < -0.39 is 5.97 Å². The molecule has 0 bridgehead atoms. The molecule has 2 heterocycles. The fraction of sp³-hybridized carbons (Fsp3) is 0.222. The van der Waals surface area contributed by atoms with Crippen LogP contribution in [0.25, 0.3) is 5.65 Å². The molecule has 0 unspecified atom stereocenters. The summed E-state index contributed by atoms with van der Waals surface area (Å²) in [7, 11) is 0. The third-order valence-electron chi connectivity index (χ3n) is 2.09. The Morgan fingerprint density at radius 2 is 2.40 bits per heavy atom. The number of nitrogens with zero attached hydrogens (tertiary/aromatic N) is 3. The maximum absolute atomic E-state index is 10.9. The molecule has 0 aliphatic rings. The molecule has 2 aromatic heterocycles. The van der Waals surface area contributed by atoms with Gasteiger partial charge in [-0.25, -0.2) is 14.3 Å². The summed E-state index contributed by atoms with van der Waals surface area (Å²) >= 11 is 3.25. The fourth-order valence-corrected chi connectivity index (χ4v) is 1.75. The summed E-state index contributed by atoms with van der Waals surface area (Å²) in [6.07, 6.45) is 3.91. The zero-order valence-electron chi connectivity index (χ0n) is 7.94. The summed E-state index contributed by atoms with van der Waals surface area (Å²) in [6.45, 7) is 1.88. The van der Waals surface area contributed by atoms with E-state index in [-0.39, 0.29) is 5.69 Å². The highest BCUT2D eigenvalue weighted by Crippen LogP contribution is 2.17. The highest BCUT2D eigenvalue weighted by Gasteiger charge is 2.17. The number of halogens is 1. The van der Waals surface area contributed by atoms with E-state index in [1.165, 1.54) is 4.52 Å². The monoisotopic (exact) mass is 269 g/mol. The number of carboxylic acids is 1. The molecule has 1 N–H and O–H groups in total. The zero-order valence-corrected chi connectivity index (χ0v) is 9.52. The van der Waals surface area contributed by atoms with E-state index in [1.807, 2.05) is 6.92 Å². The lowest BCUT2D eigenvalue weighted by molar-refractivity contribution is 0.0689. The molecule has 0 saturated heterocycles. The highest BCUT2D eigenvalue weighted by molar-refractivity contribution is 9.10. The minimum Gasteiger partial charge on any atom is -0.476 e. The van der Waals surface area contributed by atoms with Gasteiger partial charge < -0.3 is 5.11 Å². The number of rotatable bonds is 2. The molecule has 78 valence electrons. The molecule has 6 heteroatoms. The Labute approximate surface area is 93.9 Å². The second-order valence-corrected chi connectivity index (χ2v) is 3.94. The highest BCUT2D eigenvalue weighted by atomic mass is 79.9. The van der Waals surface area contributed by atoms with Gasteiger partial charge in [0.25, 0.3) is 0 Å². The average molecular weight is 270 g/mol. The second kappa shape index (κ2) is 3.62. The largest absolute Gasteiger partial charge is 0.476 e. The molecular weight excluding hydrogens is 262 g/mol. The Kier molecular flexibility index (Phi) is 2.44. The van der Waals surface area contributed by atoms with Crippen LogP contribution in [0.2, 0.25) is 0 Å². The SMILES string of the molecule is CCc1c(C(=O)O)nn2cc(Br)cnc12. The third kappa shape index (κ3) is 1.61. The van der Waals surface area contributed by atoms with Crippen molar-refractivity contribution < 1.29 is 9.90 Å². The Morgan fingerprint density at radius 3 is 3.00 bits per heavy atom. The van der Waals surface area contributed by atoms with E-state index >= 15 is 0 Å². The topological polar surface area (TPSA) is 67.5 Å². The molecule has 0 spiro atoms. The van der Waals surface area contributed by atoms with Gasteiger partial charge in [0.05, 0.1) is 4.47 Å². The molecule has 0 aliphatic carbocycles. The summed E-state index contributed by atoms with van der Waals surface area (Å²) in [5.74, 6) is -1.02. The van der Waals surface area contributed by atoms with Crippen molar-refractivity contribution in [3.05, 3.63) is 28.1 Å². The molecule has 0 aliphatic heterocycles. The van der Waals surface area contributed by atoms with Gasteiger partial charge in [-0.05, 0) is 22.4 Å². The molecule has 0 aromatic carbocycles. The molecule has 0 saturated carbocycles. The van der Waals surface area contributed by atoms with Crippen LogP contribution in [0.4, 0.5) is 0 Å². The summed E-state index contributed by atoms with van der Waals surface area (Å²) in [4.78, 5) is 15.1. The Balaban J connectivity index is 2.78. The van der Waals surface area contributed by atoms with Crippen LogP contribution in [-0.4, -0.2) is 25.7 Å². The fourth-order valence-electron chi connectivity index (χ4n) is 1.46. The number of aromatic nitrogens is 3. The summed E-state index contributed by atoms with van der Waals surface area (Å²) < 4.78 is 2.24. The first-order valence-electron chi connectivity index (χ1n) is 4.39. The van der Waals surface area contributed by atoms with E-state index in [4.69, 9.17) is 5.11 Å². The number of aryl methyl sites for hydroxylation is 1. The van der Waals surface area contributed by atoms with Crippen LogP contribution in [0.15, 0.2) is 16.9 Å². The van der Waals surface area contributed by atoms with Crippen molar-refractivity contribution in [3.8, 4) is 0 Å². The van der Waals surface area contributed by atoms with Gasteiger partial charge in [0, 0.05) is 18.0 Å². The predicted octanol–water partition coefficient (Wildman–Crippen LogP) is 1.75. The zero-order chi connectivity index (χ0) is 11.0. The van der Waals surface area contributed by atoms with Crippen LogP contribution in [0.5, 0.6) is 0 Å². The van der Waals surface area contributed by atoms with Gasteiger partial charge >= 0.3 is 5.97 Å². The minimum atomic E-state index is -1.02. The van der Waals surface area contributed by atoms with Gasteiger partial charge in [-0.15, -0.1) is 0 Å². The first kappa shape index (κ1) is 10.1. The summed E-state index contributed by atoms with van der Waals surface area (Å²) in [5.41, 5.74) is 1.33. The van der Waals surface area contributed by atoms with Crippen molar-refractivity contribution in [1.29, 1.82) is 0 Å². The smallest absolute Gasteiger partial charge is 0.356 e. The van der Waals surface area contributed by atoms with E-state index in [9.17, 15) is 4.79 Å². The quantitative estimate of drug-likeness (QED) is 0.902. The van der Waals surface area contributed by atoms with Crippen molar-refractivity contribution in [3.63, 3.8) is 0 Å². The Hall–Kier alpha value is -1.43. The van der Waals surface area contributed by atoms with Gasteiger partial charge in [0.15, 0.2) is 11.3 Å². The molecule has 0 fully saturated rings. The van der Waals surface area contributed by atoms with Gasteiger partial charge in [-0.1, -0.05) is 6.92 Å². The predicted molar refractivity (Wildman–Crippen MR) is 57.0 cm³/mol. The summed E-state index contributed by atoms with van der Waals surface area (Å²) in [5, 5.41) is 12.9. The average Bonchev–Trinajstić information content (AvgIpc) is 2.55. The lowest BCUT2D eigenvalue weighted by Gasteiger charge is -1.94. The van der Waals surface area contributed by atoms with E-state index in [0.717, 1.165) is 4.47 Å². The number of hydrogen-bond donors (Lipinski definition) is 1. The number of aromatic carboxylic acids is 1. The van der Waals surface area contributed by atoms with Crippen LogP contribution in [-0.2, 0) is 6.42 Å². The van der Waals surface area contributed by atoms with Crippen molar-refractivity contribution in [2.75, 3.05) is 0 Å². The molecule has 0 atom stereocenters. The first-order chi connectivity index (χ1) is 7.13. The Bertz CT molecular complexity index is 535. The second-order valence-electron chi connectivity index (χ2n) is 3.03. The maximum Gasteiger partial charge on any atom is 0.356 e. The molecular formula is C9H8BrN3O2. The number of carboxylic acid groups (broad SMARTS) is 1. The molecule has 0 amide bonds. The minimum absolute atomic E-state index is 0.0723. The van der Waals surface area contributed by atoms with Crippen molar-refractivity contribution in [1.82, 2.24) is 14.6 Å². The standard InChI is InChI=1S/C9H8BrN3O2/c1-2-6-7(9(14)15)12-13-4-5(10)3-11-8(6)13/h3-4H,2H2,1H3,(H,14,15). The van der Waals surface area contributed by atoms with Crippen LogP contribution < -0.4 is 0 Å². The lowest BCUT2D eigenvalue weighted by atomic mass is 10.2. The van der Waals surface area contributed by atoms with Crippen molar-refractivity contribution in [2.24, 2.45) is 0 Å². The van der Waals surface area contributed by atoms with Gasteiger partial charge in [-0.2, -0.15) is 5.10 Å². The number of fused-ring (bicyclic) bond motifs is 1. The number of hydrogen-bond acceptors (Lipinski definition) is 3. The normalized spacial score (nSPS) is 10.8. The van der Waals surface area contributed by atoms with Crippen LogP contribution in [0.3, 0.4) is 0 Å². The lowest BCUT2D eigenvalue weighted by Crippen LogP contribution is -2.00. The molecule has 5 nitrogen and oxygen atoms in total. The van der Waals surface area contributed by atoms with Gasteiger partial charge in [0.2, 0.25) is 0 Å². The van der Waals surface area contributed by atoms with Crippen LogP contribution >= 0.6 is 15.9 Å². The third-order valence-corrected chi connectivity index (χ3v) is 2.50. The summed E-state index contributed by atoms with van der Waals surface area (Å²) in [6, 6.07) is 0. The molecule has 15 heavy (non-hydrogen) atoms. The van der Waals surface area contributed by atoms with Gasteiger partial charge in [0.1, 0.15) is 0 Å². The van der Waals surface area contributed by atoms with Crippen LogP contribution in [0.1, 0.15) is 23.0 Å². The van der Waals surface area contributed by atoms with Gasteiger partial charge in [-0.3, -0.25) is 0 Å². The van der Waals surface area contributed by atoms with E-state index in [1.54, 1.807) is 12.4 Å². The van der Waals surface area contributed by atoms with Crippen molar-refractivity contribution >= 4 is 27.5 Å². The molecule has 2 aromatic rings. The maximum atomic E-state index is 10.9. The Morgan fingerprint density at radius 1 is 1.67 bits per heavy atom. The number of carbonyl (C=O) groups is 1. The van der Waals surface area contributed by atoms with E-state index in [0.29, 0.717) is 17.6 Å². The molecule has 2 rings (SSSR count). The van der Waals surface area contributed by atoms with Crippen LogP contribution in [0, 0.1) is 0 Å².